The standard InChI is InChI=1S/C22H23BF2N4O/c1-4-29(5-2)18-8-7-17(19(15-18)23(24)25)14-20-22(30)28(3)21(27-20)9-6-16-10-12-26-13-11-16/h6-15H,4-5H2,1-3H3/b9-6+,20-14+. The first-order chi connectivity index (χ1) is 14.4. The number of nitrogens with zero attached hydrogens (tertiary/aromatic N) is 4. The van der Waals surface area contributed by atoms with Crippen LogP contribution in [-0.4, -0.2) is 49.0 Å². The molecule has 1 amide bonds. The maximum Gasteiger partial charge on any atom is 0.572 e. The number of amidine groups is 1. The summed E-state index contributed by atoms with van der Waals surface area (Å²) in [6, 6.07) is 8.56. The minimum absolute atomic E-state index is 0.113. The van der Waals surface area contributed by atoms with Crippen LogP contribution in [0.25, 0.3) is 12.2 Å². The zero-order chi connectivity index (χ0) is 21.7. The Balaban J connectivity index is 1.94. The minimum atomic E-state index is -2.66. The van der Waals surface area contributed by atoms with E-state index in [9.17, 15) is 13.4 Å². The van der Waals surface area contributed by atoms with Gasteiger partial charge in [0.25, 0.3) is 5.91 Å². The van der Waals surface area contributed by atoms with Gasteiger partial charge in [0.15, 0.2) is 0 Å². The first-order valence-electron chi connectivity index (χ1n) is 9.78. The molecule has 1 aromatic heterocycles. The van der Waals surface area contributed by atoms with Crippen LogP contribution < -0.4 is 10.4 Å². The van der Waals surface area contributed by atoms with E-state index in [1.54, 1.807) is 37.7 Å². The SMILES string of the molecule is CCN(CC)c1ccc(/C=C2N=C(/C=C/c3ccncc3)N(C)C/2=O)c(B(F)F)c1. The van der Waals surface area contributed by atoms with Gasteiger partial charge in [0.1, 0.15) is 11.5 Å². The van der Waals surface area contributed by atoms with Gasteiger partial charge < -0.3 is 4.90 Å². The normalized spacial score (nSPS) is 15.2. The van der Waals surface area contributed by atoms with E-state index >= 15 is 0 Å². The van der Waals surface area contributed by atoms with Crippen LogP contribution in [0.5, 0.6) is 0 Å². The number of aliphatic imine (C=N–C) groups is 1. The lowest BCUT2D eigenvalue weighted by Crippen LogP contribution is -2.28. The highest BCUT2D eigenvalue weighted by Gasteiger charge is 2.27. The van der Waals surface area contributed by atoms with Crippen molar-refractivity contribution in [2.75, 3.05) is 25.0 Å². The Morgan fingerprint density at radius 1 is 1.10 bits per heavy atom. The topological polar surface area (TPSA) is 48.8 Å². The number of carbonyl (C=O) groups excluding carboxylic acids is 1. The van der Waals surface area contributed by atoms with Crippen molar-refractivity contribution < 1.29 is 13.4 Å². The van der Waals surface area contributed by atoms with E-state index in [2.05, 4.69) is 9.98 Å². The molecular weight excluding hydrogens is 385 g/mol. The van der Waals surface area contributed by atoms with Gasteiger partial charge in [-0.25, -0.2) is 4.99 Å². The summed E-state index contributed by atoms with van der Waals surface area (Å²) < 4.78 is 27.4. The van der Waals surface area contributed by atoms with E-state index < -0.39 is 7.27 Å². The quantitative estimate of drug-likeness (QED) is 0.521. The largest absolute Gasteiger partial charge is 0.572 e. The molecule has 0 unspecified atom stereocenters. The molecule has 8 heteroatoms. The molecule has 3 rings (SSSR count). The maximum atomic E-state index is 13.7. The smallest absolute Gasteiger partial charge is 0.372 e. The molecule has 2 heterocycles. The molecule has 0 radical (unpaired) electrons. The van der Waals surface area contributed by atoms with Crippen LogP contribution in [-0.2, 0) is 4.79 Å². The highest BCUT2D eigenvalue weighted by atomic mass is 19.2. The number of anilines is 1. The van der Waals surface area contributed by atoms with E-state index in [1.807, 2.05) is 37.0 Å². The Kier molecular flexibility index (Phi) is 6.77. The van der Waals surface area contributed by atoms with Gasteiger partial charge in [-0.3, -0.25) is 23.3 Å². The third kappa shape index (κ3) is 4.64. The average molecular weight is 408 g/mol. The van der Waals surface area contributed by atoms with Crippen LogP contribution >= 0.6 is 0 Å². The summed E-state index contributed by atoms with van der Waals surface area (Å²) in [5, 5.41) is 0. The predicted octanol–water partition coefficient (Wildman–Crippen LogP) is 3.49. The van der Waals surface area contributed by atoms with Crippen molar-refractivity contribution in [2.24, 2.45) is 4.99 Å². The fourth-order valence-corrected chi connectivity index (χ4v) is 3.23. The molecule has 0 aliphatic carbocycles. The number of halogens is 2. The lowest BCUT2D eigenvalue weighted by atomic mass is 9.81. The highest BCUT2D eigenvalue weighted by Crippen LogP contribution is 2.21. The molecule has 0 saturated heterocycles. The lowest BCUT2D eigenvalue weighted by Gasteiger charge is -2.22. The first-order valence-corrected chi connectivity index (χ1v) is 9.78. The Morgan fingerprint density at radius 3 is 2.43 bits per heavy atom. The Hall–Kier alpha value is -3.29. The summed E-state index contributed by atoms with van der Waals surface area (Å²) >= 11 is 0. The number of hydrogen-bond acceptors (Lipinski definition) is 4. The molecule has 0 fully saturated rings. The molecule has 30 heavy (non-hydrogen) atoms. The summed E-state index contributed by atoms with van der Waals surface area (Å²) in [4.78, 5) is 24.3. The predicted molar refractivity (Wildman–Crippen MR) is 119 cm³/mol. The summed E-state index contributed by atoms with van der Waals surface area (Å²) in [5.41, 5.74) is 1.96. The van der Waals surface area contributed by atoms with Crippen LogP contribution in [0.15, 0.2) is 59.5 Å². The van der Waals surface area contributed by atoms with Crippen molar-refractivity contribution in [3.63, 3.8) is 0 Å². The first kappa shape index (κ1) is 21.4. The Labute approximate surface area is 175 Å². The molecule has 0 atom stereocenters. The van der Waals surface area contributed by atoms with Crippen LogP contribution in [0.4, 0.5) is 14.3 Å². The molecule has 2 aromatic rings. The summed E-state index contributed by atoms with van der Waals surface area (Å²) in [6.07, 6.45) is 8.30. The van der Waals surface area contributed by atoms with Gasteiger partial charge in [0, 0.05) is 43.7 Å². The van der Waals surface area contributed by atoms with Gasteiger partial charge in [-0.2, -0.15) is 0 Å². The molecular formula is C22H23BF2N4O. The van der Waals surface area contributed by atoms with Gasteiger partial charge >= 0.3 is 7.27 Å². The van der Waals surface area contributed by atoms with Crippen LogP contribution in [0.3, 0.4) is 0 Å². The van der Waals surface area contributed by atoms with Crippen molar-refractivity contribution in [2.45, 2.75) is 13.8 Å². The second kappa shape index (κ2) is 9.48. The number of likely N-dealkylation sites (N-methyl/N-ethyl adjacent to an activating group) is 1. The molecule has 0 N–H and O–H groups in total. The summed E-state index contributed by atoms with van der Waals surface area (Å²) in [6.45, 7) is 5.40. The van der Waals surface area contributed by atoms with Gasteiger partial charge in [-0.05, 0) is 61.4 Å². The van der Waals surface area contributed by atoms with Gasteiger partial charge in [0.2, 0.25) is 0 Å². The van der Waals surface area contributed by atoms with Crippen LogP contribution in [0, 0.1) is 0 Å². The van der Waals surface area contributed by atoms with Crippen molar-refractivity contribution >= 4 is 42.3 Å². The molecule has 5 nitrogen and oxygen atoms in total. The number of pyridine rings is 1. The number of benzene rings is 1. The molecule has 154 valence electrons. The third-order valence-corrected chi connectivity index (χ3v) is 4.96. The zero-order valence-electron chi connectivity index (χ0n) is 17.2. The maximum absolute atomic E-state index is 13.7. The Morgan fingerprint density at radius 2 is 1.80 bits per heavy atom. The van der Waals surface area contributed by atoms with Gasteiger partial charge in [-0.15, -0.1) is 0 Å². The number of hydrogen-bond donors (Lipinski definition) is 0. The van der Waals surface area contributed by atoms with E-state index in [4.69, 9.17) is 0 Å². The fraction of sp³-hybridized carbons (Fsp3) is 0.227. The van der Waals surface area contributed by atoms with Gasteiger partial charge in [0.05, 0.1) is 0 Å². The van der Waals surface area contributed by atoms with Crippen LogP contribution in [0.2, 0.25) is 0 Å². The van der Waals surface area contributed by atoms with Crippen molar-refractivity contribution in [3.8, 4) is 0 Å². The van der Waals surface area contributed by atoms with E-state index in [0.717, 1.165) is 24.3 Å². The molecule has 1 aliphatic rings. The fourth-order valence-electron chi connectivity index (χ4n) is 3.23. The molecule has 0 saturated carbocycles. The third-order valence-electron chi connectivity index (χ3n) is 4.96. The Bertz CT molecular complexity index is 1000. The number of carbonyl (C=O) groups is 1. The minimum Gasteiger partial charge on any atom is -0.372 e. The van der Waals surface area contributed by atoms with E-state index in [1.165, 1.54) is 17.0 Å². The number of rotatable bonds is 7. The monoisotopic (exact) mass is 408 g/mol. The molecule has 1 aliphatic heterocycles. The average Bonchev–Trinajstić information content (AvgIpc) is 3.02. The second-order valence-electron chi connectivity index (χ2n) is 6.76. The molecule has 0 bridgehead atoms. The zero-order valence-corrected chi connectivity index (χ0v) is 17.2. The van der Waals surface area contributed by atoms with Crippen molar-refractivity contribution in [1.82, 2.24) is 9.88 Å². The van der Waals surface area contributed by atoms with E-state index in [-0.39, 0.29) is 17.1 Å². The molecule has 1 aromatic carbocycles. The highest BCUT2D eigenvalue weighted by molar-refractivity contribution is 6.61. The summed E-state index contributed by atoms with van der Waals surface area (Å²) in [5.74, 6) is 0.110. The van der Waals surface area contributed by atoms with Crippen molar-refractivity contribution in [3.05, 3.63) is 65.6 Å². The number of aromatic nitrogens is 1. The lowest BCUT2D eigenvalue weighted by molar-refractivity contribution is -0.121. The van der Waals surface area contributed by atoms with Crippen molar-refractivity contribution in [1.29, 1.82) is 0 Å². The second-order valence-corrected chi connectivity index (χ2v) is 6.76. The summed E-state index contributed by atoms with van der Waals surface area (Å²) in [7, 11) is -1.05. The van der Waals surface area contributed by atoms with E-state index in [0.29, 0.717) is 11.4 Å². The van der Waals surface area contributed by atoms with Gasteiger partial charge in [-0.1, -0.05) is 12.1 Å². The molecule has 0 spiro atoms. The number of amides is 1. The van der Waals surface area contributed by atoms with Crippen LogP contribution in [0.1, 0.15) is 25.0 Å².